The van der Waals surface area contributed by atoms with Gasteiger partial charge in [0.1, 0.15) is 0 Å². The minimum atomic E-state index is -0.613. The minimum Gasteiger partial charge on any atom is -0.389 e. The van der Waals surface area contributed by atoms with E-state index in [0.717, 1.165) is 25.7 Å². The van der Waals surface area contributed by atoms with Crippen LogP contribution in [0.25, 0.3) is 0 Å². The third-order valence-corrected chi connectivity index (χ3v) is 4.12. The minimum absolute atomic E-state index is 0.169. The van der Waals surface area contributed by atoms with Crippen molar-refractivity contribution >= 4 is 0 Å². The topological polar surface area (TPSA) is 29.5 Å². The molecule has 100 valence electrons. The third kappa shape index (κ3) is 3.12. The molecule has 1 aliphatic heterocycles. The number of aryl methyl sites for hydroxylation is 1. The molecular weight excluding hydrogens is 224 g/mol. The molecule has 0 aromatic heterocycles. The largest absolute Gasteiger partial charge is 0.389 e. The summed E-state index contributed by atoms with van der Waals surface area (Å²) in [5, 5.41) is 10.8. The number of benzene rings is 1. The highest BCUT2D eigenvalue weighted by atomic mass is 16.5. The van der Waals surface area contributed by atoms with E-state index in [1.807, 2.05) is 0 Å². The van der Waals surface area contributed by atoms with Crippen LogP contribution in [-0.4, -0.2) is 22.9 Å². The van der Waals surface area contributed by atoms with Gasteiger partial charge in [-0.1, -0.05) is 36.8 Å². The summed E-state index contributed by atoms with van der Waals surface area (Å²) in [7, 11) is 0. The van der Waals surface area contributed by atoms with E-state index in [0.29, 0.717) is 6.61 Å². The molecule has 2 nitrogen and oxygen atoms in total. The van der Waals surface area contributed by atoms with E-state index in [2.05, 4.69) is 45.0 Å². The predicted octanol–water partition coefficient (Wildman–Crippen LogP) is 3.25. The Kier molecular flexibility index (Phi) is 3.79. The molecule has 0 amide bonds. The SMILES string of the molecule is CCC1(C)CC(O)(Cc2ccc(C)cc2)CCO1. The second-order valence-corrected chi connectivity index (χ2v) is 5.97. The number of ether oxygens (including phenoxy) is 1. The molecule has 0 radical (unpaired) electrons. The molecule has 1 aliphatic rings. The molecule has 1 N–H and O–H groups in total. The fourth-order valence-electron chi connectivity index (χ4n) is 2.79. The van der Waals surface area contributed by atoms with Crippen molar-refractivity contribution in [1.82, 2.24) is 0 Å². The van der Waals surface area contributed by atoms with Crippen LogP contribution in [0.4, 0.5) is 0 Å². The van der Waals surface area contributed by atoms with Crippen molar-refractivity contribution in [3.05, 3.63) is 35.4 Å². The zero-order valence-electron chi connectivity index (χ0n) is 11.7. The Morgan fingerprint density at radius 1 is 1.28 bits per heavy atom. The molecule has 0 saturated carbocycles. The molecular formula is C16H24O2. The van der Waals surface area contributed by atoms with Gasteiger partial charge in [-0.15, -0.1) is 0 Å². The van der Waals surface area contributed by atoms with Gasteiger partial charge in [0, 0.05) is 12.8 Å². The summed E-state index contributed by atoms with van der Waals surface area (Å²) in [6.45, 7) is 6.97. The van der Waals surface area contributed by atoms with Crippen LogP contribution in [0.3, 0.4) is 0 Å². The van der Waals surface area contributed by atoms with Gasteiger partial charge in [0.05, 0.1) is 17.8 Å². The summed E-state index contributed by atoms with van der Waals surface area (Å²) in [4.78, 5) is 0. The zero-order chi connectivity index (χ0) is 13.2. The summed E-state index contributed by atoms with van der Waals surface area (Å²) in [6.07, 6.45) is 3.14. The van der Waals surface area contributed by atoms with Gasteiger partial charge in [-0.25, -0.2) is 0 Å². The molecule has 1 aromatic carbocycles. The van der Waals surface area contributed by atoms with E-state index in [1.165, 1.54) is 11.1 Å². The van der Waals surface area contributed by atoms with Crippen LogP contribution in [-0.2, 0) is 11.2 Å². The molecule has 2 heteroatoms. The molecule has 2 unspecified atom stereocenters. The highest BCUT2D eigenvalue weighted by molar-refractivity contribution is 5.23. The molecule has 2 atom stereocenters. The van der Waals surface area contributed by atoms with Crippen molar-refractivity contribution in [3.8, 4) is 0 Å². The molecule has 1 saturated heterocycles. The number of hydrogen-bond donors (Lipinski definition) is 1. The van der Waals surface area contributed by atoms with E-state index in [4.69, 9.17) is 4.74 Å². The fraction of sp³-hybridized carbons (Fsp3) is 0.625. The van der Waals surface area contributed by atoms with E-state index in [-0.39, 0.29) is 5.60 Å². The van der Waals surface area contributed by atoms with Gasteiger partial charge in [-0.3, -0.25) is 0 Å². The zero-order valence-corrected chi connectivity index (χ0v) is 11.7. The van der Waals surface area contributed by atoms with Crippen LogP contribution in [0, 0.1) is 6.92 Å². The summed E-state index contributed by atoms with van der Waals surface area (Å²) >= 11 is 0. The molecule has 0 spiro atoms. The van der Waals surface area contributed by atoms with E-state index in [1.54, 1.807) is 0 Å². The van der Waals surface area contributed by atoms with Crippen LogP contribution in [0.15, 0.2) is 24.3 Å². The second kappa shape index (κ2) is 5.02. The summed E-state index contributed by atoms with van der Waals surface area (Å²) in [5.74, 6) is 0. The molecule has 0 aliphatic carbocycles. The maximum atomic E-state index is 10.8. The van der Waals surface area contributed by atoms with Gasteiger partial charge in [0.2, 0.25) is 0 Å². The van der Waals surface area contributed by atoms with Crippen LogP contribution in [0.5, 0.6) is 0 Å². The van der Waals surface area contributed by atoms with E-state index >= 15 is 0 Å². The van der Waals surface area contributed by atoms with E-state index < -0.39 is 5.60 Å². The Hall–Kier alpha value is -0.860. The Morgan fingerprint density at radius 2 is 1.94 bits per heavy atom. The lowest BCUT2D eigenvalue weighted by Crippen LogP contribution is -2.48. The Morgan fingerprint density at radius 3 is 2.56 bits per heavy atom. The molecule has 1 aromatic rings. The fourth-order valence-corrected chi connectivity index (χ4v) is 2.79. The lowest BCUT2D eigenvalue weighted by Gasteiger charge is -2.43. The number of aliphatic hydroxyl groups is 1. The second-order valence-electron chi connectivity index (χ2n) is 5.97. The first-order valence-electron chi connectivity index (χ1n) is 6.87. The monoisotopic (exact) mass is 248 g/mol. The third-order valence-electron chi connectivity index (χ3n) is 4.12. The molecule has 1 heterocycles. The number of rotatable bonds is 3. The van der Waals surface area contributed by atoms with Gasteiger partial charge < -0.3 is 9.84 Å². The Labute approximate surface area is 110 Å². The van der Waals surface area contributed by atoms with Crippen molar-refractivity contribution in [2.24, 2.45) is 0 Å². The van der Waals surface area contributed by atoms with Gasteiger partial charge in [0.25, 0.3) is 0 Å². The molecule has 2 rings (SSSR count). The number of hydrogen-bond acceptors (Lipinski definition) is 2. The first-order chi connectivity index (χ1) is 8.45. The summed E-state index contributed by atoms with van der Waals surface area (Å²) in [6, 6.07) is 8.45. The molecule has 1 fully saturated rings. The van der Waals surface area contributed by atoms with Crippen molar-refractivity contribution in [2.45, 2.75) is 57.7 Å². The van der Waals surface area contributed by atoms with Gasteiger partial charge in [-0.2, -0.15) is 0 Å². The first kappa shape index (κ1) is 13.6. The highest BCUT2D eigenvalue weighted by Crippen LogP contribution is 2.36. The van der Waals surface area contributed by atoms with Gasteiger partial charge in [0.15, 0.2) is 0 Å². The van der Waals surface area contributed by atoms with E-state index in [9.17, 15) is 5.11 Å². The average Bonchev–Trinajstić information content (AvgIpc) is 2.32. The van der Waals surface area contributed by atoms with Crippen molar-refractivity contribution < 1.29 is 9.84 Å². The Bertz CT molecular complexity index is 398. The maximum Gasteiger partial charge on any atom is 0.0737 e. The lowest BCUT2D eigenvalue weighted by atomic mass is 9.78. The first-order valence-corrected chi connectivity index (χ1v) is 6.87. The van der Waals surface area contributed by atoms with Crippen molar-refractivity contribution in [1.29, 1.82) is 0 Å². The van der Waals surface area contributed by atoms with Crippen LogP contribution in [0.2, 0.25) is 0 Å². The normalized spacial score (nSPS) is 32.4. The highest BCUT2D eigenvalue weighted by Gasteiger charge is 2.40. The molecule has 18 heavy (non-hydrogen) atoms. The van der Waals surface area contributed by atoms with Crippen LogP contribution < -0.4 is 0 Å². The average molecular weight is 248 g/mol. The van der Waals surface area contributed by atoms with Crippen molar-refractivity contribution in [2.75, 3.05) is 6.61 Å². The summed E-state index contributed by atoms with van der Waals surface area (Å²) in [5.41, 5.74) is 1.69. The smallest absolute Gasteiger partial charge is 0.0737 e. The van der Waals surface area contributed by atoms with Gasteiger partial charge in [-0.05, 0) is 32.3 Å². The standard InChI is InChI=1S/C16H24O2/c1-4-15(3)12-16(17,9-10-18-15)11-14-7-5-13(2)6-8-14/h5-8,17H,4,9-12H2,1-3H3. The lowest BCUT2D eigenvalue weighted by molar-refractivity contribution is -0.152. The van der Waals surface area contributed by atoms with Crippen LogP contribution >= 0.6 is 0 Å². The van der Waals surface area contributed by atoms with Crippen LogP contribution in [0.1, 0.15) is 44.2 Å². The summed E-state index contributed by atoms with van der Waals surface area (Å²) < 4.78 is 5.81. The maximum absolute atomic E-state index is 10.8. The Balaban J connectivity index is 2.09. The predicted molar refractivity (Wildman–Crippen MR) is 73.7 cm³/mol. The van der Waals surface area contributed by atoms with Crippen molar-refractivity contribution in [3.63, 3.8) is 0 Å². The quantitative estimate of drug-likeness (QED) is 0.889. The van der Waals surface area contributed by atoms with Gasteiger partial charge >= 0.3 is 0 Å². The molecule has 0 bridgehead atoms.